The molecule has 0 saturated carbocycles. The number of carbonyl (C=O) groups is 2. The second kappa shape index (κ2) is 8.39. The van der Waals surface area contributed by atoms with Crippen molar-refractivity contribution in [3.8, 4) is 0 Å². The molecule has 0 aliphatic rings. The lowest BCUT2D eigenvalue weighted by Gasteiger charge is -2.24. The van der Waals surface area contributed by atoms with Crippen LogP contribution in [-0.2, 0) is 9.53 Å². The normalized spacial score (nSPS) is 10.5. The molecule has 21 heavy (non-hydrogen) atoms. The number of esters is 1. The van der Waals surface area contributed by atoms with E-state index in [0.717, 1.165) is 0 Å². The maximum atomic E-state index is 13.7. The van der Waals surface area contributed by atoms with E-state index in [1.165, 1.54) is 23.1 Å². The molecule has 1 amide bonds. The number of benzene rings is 1. The zero-order chi connectivity index (χ0) is 15.8. The predicted molar refractivity (Wildman–Crippen MR) is 78.4 cm³/mol. The molecule has 0 aromatic heterocycles. The van der Waals surface area contributed by atoms with E-state index >= 15 is 0 Å². The van der Waals surface area contributed by atoms with Crippen molar-refractivity contribution in [1.82, 2.24) is 4.90 Å². The molecule has 0 spiro atoms. The first-order chi connectivity index (χ1) is 9.95. The van der Waals surface area contributed by atoms with Gasteiger partial charge in [-0.15, -0.1) is 0 Å². The minimum Gasteiger partial charge on any atom is -0.466 e. The second-order valence-electron chi connectivity index (χ2n) is 5.18. The number of amides is 1. The van der Waals surface area contributed by atoms with E-state index < -0.39 is 11.7 Å². The number of nitrogens with zero attached hydrogens (tertiary/aromatic N) is 1. The monoisotopic (exact) mass is 295 g/mol. The van der Waals surface area contributed by atoms with Crippen molar-refractivity contribution in [3.05, 3.63) is 35.6 Å². The molecular formula is C16H22FNO3. The Kier molecular flexibility index (Phi) is 6.85. The maximum absolute atomic E-state index is 13.7. The van der Waals surface area contributed by atoms with Crippen LogP contribution in [0.2, 0.25) is 0 Å². The molecule has 0 aliphatic carbocycles. The van der Waals surface area contributed by atoms with Crippen molar-refractivity contribution in [1.29, 1.82) is 0 Å². The molecule has 5 heteroatoms. The lowest BCUT2D eigenvalue weighted by molar-refractivity contribution is -0.143. The van der Waals surface area contributed by atoms with Crippen LogP contribution < -0.4 is 0 Å². The first-order valence-electron chi connectivity index (χ1n) is 7.15. The fraction of sp³-hybridized carbons (Fsp3) is 0.500. The molecule has 0 N–H and O–H groups in total. The molecule has 1 rings (SSSR count). The zero-order valence-corrected chi connectivity index (χ0v) is 12.8. The Hall–Kier alpha value is -1.91. The number of halogens is 1. The Balaban J connectivity index is 2.79. The molecule has 0 aliphatic heterocycles. The summed E-state index contributed by atoms with van der Waals surface area (Å²) in [4.78, 5) is 25.3. The molecule has 4 nitrogen and oxygen atoms in total. The van der Waals surface area contributed by atoms with Crippen LogP contribution in [-0.4, -0.2) is 36.5 Å². The van der Waals surface area contributed by atoms with Gasteiger partial charge in [0.15, 0.2) is 0 Å². The summed E-state index contributed by atoms with van der Waals surface area (Å²) in [5.74, 6) is -1.08. The molecule has 0 radical (unpaired) electrons. The first kappa shape index (κ1) is 17.1. The van der Waals surface area contributed by atoms with Crippen molar-refractivity contribution < 1.29 is 18.7 Å². The number of carbonyl (C=O) groups excluding carboxylic acids is 2. The van der Waals surface area contributed by atoms with E-state index in [9.17, 15) is 14.0 Å². The smallest absolute Gasteiger partial charge is 0.307 e. The fourth-order valence-electron chi connectivity index (χ4n) is 1.98. The molecule has 1 aromatic rings. The fourth-order valence-corrected chi connectivity index (χ4v) is 1.98. The number of hydrogen-bond acceptors (Lipinski definition) is 3. The Morgan fingerprint density at radius 2 is 1.95 bits per heavy atom. The van der Waals surface area contributed by atoms with Crippen LogP contribution >= 0.6 is 0 Å². The third-order valence-electron chi connectivity index (χ3n) is 2.87. The van der Waals surface area contributed by atoms with Gasteiger partial charge in [-0.2, -0.15) is 0 Å². The van der Waals surface area contributed by atoms with E-state index in [-0.39, 0.29) is 30.4 Å². The minimum atomic E-state index is -0.549. The van der Waals surface area contributed by atoms with E-state index in [0.29, 0.717) is 13.2 Å². The summed E-state index contributed by atoms with van der Waals surface area (Å²) >= 11 is 0. The van der Waals surface area contributed by atoms with E-state index in [1.54, 1.807) is 13.0 Å². The van der Waals surface area contributed by atoms with Gasteiger partial charge in [0.25, 0.3) is 5.91 Å². The van der Waals surface area contributed by atoms with Crippen LogP contribution in [0.4, 0.5) is 4.39 Å². The van der Waals surface area contributed by atoms with Gasteiger partial charge in [0.05, 0.1) is 18.6 Å². The molecule has 0 saturated heterocycles. The van der Waals surface area contributed by atoms with Crippen LogP contribution in [0.1, 0.15) is 37.6 Å². The van der Waals surface area contributed by atoms with Gasteiger partial charge in [0, 0.05) is 13.1 Å². The van der Waals surface area contributed by atoms with E-state index in [4.69, 9.17) is 4.74 Å². The summed E-state index contributed by atoms with van der Waals surface area (Å²) in [6.07, 6.45) is 0.112. The van der Waals surface area contributed by atoms with E-state index in [1.807, 2.05) is 13.8 Å². The number of rotatable bonds is 7. The highest BCUT2D eigenvalue weighted by Gasteiger charge is 2.20. The second-order valence-corrected chi connectivity index (χ2v) is 5.18. The van der Waals surface area contributed by atoms with Gasteiger partial charge >= 0.3 is 5.97 Å². The quantitative estimate of drug-likeness (QED) is 0.727. The van der Waals surface area contributed by atoms with Gasteiger partial charge in [-0.05, 0) is 25.0 Å². The lowest BCUT2D eigenvalue weighted by atomic mass is 10.1. The molecule has 0 bridgehead atoms. The van der Waals surface area contributed by atoms with Gasteiger partial charge < -0.3 is 9.64 Å². The van der Waals surface area contributed by atoms with Gasteiger partial charge in [-0.3, -0.25) is 9.59 Å². The average Bonchev–Trinajstić information content (AvgIpc) is 2.43. The van der Waals surface area contributed by atoms with Crippen LogP contribution in [0.25, 0.3) is 0 Å². The van der Waals surface area contributed by atoms with Crippen molar-refractivity contribution in [2.75, 3.05) is 19.7 Å². The van der Waals surface area contributed by atoms with Crippen LogP contribution in [0, 0.1) is 11.7 Å². The minimum absolute atomic E-state index is 0.0296. The zero-order valence-electron chi connectivity index (χ0n) is 12.8. The van der Waals surface area contributed by atoms with Gasteiger partial charge in [-0.1, -0.05) is 26.0 Å². The van der Waals surface area contributed by atoms with Crippen LogP contribution in [0.15, 0.2) is 24.3 Å². The summed E-state index contributed by atoms with van der Waals surface area (Å²) in [5, 5.41) is 0. The summed E-state index contributed by atoms with van der Waals surface area (Å²) in [6, 6.07) is 5.87. The van der Waals surface area contributed by atoms with Crippen molar-refractivity contribution >= 4 is 11.9 Å². The van der Waals surface area contributed by atoms with Gasteiger partial charge in [-0.25, -0.2) is 4.39 Å². The molecule has 1 aromatic carbocycles. The lowest BCUT2D eigenvalue weighted by Crippen LogP contribution is -2.36. The highest BCUT2D eigenvalue weighted by molar-refractivity contribution is 5.94. The summed E-state index contributed by atoms with van der Waals surface area (Å²) in [6.45, 7) is 6.66. The van der Waals surface area contributed by atoms with Gasteiger partial charge in [0.2, 0.25) is 0 Å². The van der Waals surface area contributed by atoms with E-state index in [2.05, 4.69) is 0 Å². The van der Waals surface area contributed by atoms with Crippen LogP contribution in [0.3, 0.4) is 0 Å². The molecule has 0 unspecified atom stereocenters. The molecule has 0 heterocycles. The Morgan fingerprint density at radius 1 is 1.29 bits per heavy atom. The molecule has 0 fully saturated rings. The molecule has 0 atom stereocenters. The largest absolute Gasteiger partial charge is 0.466 e. The topological polar surface area (TPSA) is 46.6 Å². The standard InChI is InChI=1S/C16H22FNO3/c1-4-21-15(19)9-10-18(11-12(2)3)16(20)13-7-5-6-8-14(13)17/h5-8,12H,4,9-11H2,1-3H3. The Labute approximate surface area is 124 Å². The van der Waals surface area contributed by atoms with Crippen molar-refractivity contribution in [3.63, 3.8) is 0 Å². The highest BCUT2D eigenvalue weighted by Crippen LogP contribution is 2.12. The molecule has 116 valence electrons. The van der Waals surface area contributed by atoms with Gasteiger partial charge in [0.1, 0.15) is 5.82 Å². The summed E-state index contributed by atoms with van der Waals surface area (Å²) < 4.78 is 18.6. The summed E-state index contributed by atoms with van der Waals surface area (Å²) in [5.41, 5.74) is 0.0296. The molecular weight excluding hydrogens is 273 g/mol. The first-order valence-corrected chi connectivity index (χ1v) is 7.15. The summed E-state index contributed by atoms with van der Waals surface area (Å²) in [7, 11) is 0. The number of ether oxygens (including phenoxy) is 1. The average molecular weight is 295 g/mol. The van der Waals surface area contributed by atoms with Crippen molar-refractivity contribution in [2.45, 2.75) is 27.2 Å². The third-order valence-corrected chi connectivity index (χ3v) is 2.87. The number of hydrogen-bond donors (Lipinski definition) is 0. The third kappa shape index (κ3) is 5.53. The predicted octanol–water partition coefficient (Wildman–Crippen LogP) is 2.88. The SMILES string of the molecule is CCOC(=O)CCN(CC(C)C)C(=O)c1ccccc1F. The van der Waals surface area contributed by atoms with Crippen molar-refractivity contribution in [2.24, 2.45) is 5.92 Å². The maximum Gasteiger partial charge on any atom is 0.307 e. The highest BCUT2D eigenvalue weighted by atomic mass is 19.1. The Morgan fingerprint density at radius 3 is 2.52 bits per heavy atom. The Bertz CT molecular complexity index is 488. The van der Waals surface area contributed by atoms with Crippen LogP contribution in [0.5, 0.6) is 0 Å².